The maximum Gasteiger partial charge on any atom is 0.337 e. The Balaban J connectivity index is 2.40. The molecule has 0 amide bonds. The Labute approximate surface area is 129 Å². The maximum absolute atomic E-state index is 14.5. The third-order valence-corrected chi connectivity index (χ3v) is 3.76. The summed E-state index contributed by atoms with van der Waals surface area (Å²) in [5, 5.41) is 0.608. The lowest BCUT2D eigenvalue weighted by Crippen LogP contribution is -2.16. The van der Waals surface area contributed by atoms with Gasteiger partial charge in [0, 0.05) is 16.5 Å². The average molecular weight is 355 g/mol. The van der Waals surface area contributed by atoms with Crippen LogP contribution in [0.1, 0.15) is 27.0 Å². The average Bonchev–Trinajstić information content (AvgIpc) is 2.54. The van der Waals surface area contributed by atoms with Crippen molar-refractivity contribution in [2.45, 2.75) is 11.3 Å². The van der Waals surface area contributed by atoms with Crippen LogP contribution in [0.25, 0.3) is 0 Å². The number of halogens is 3. The Kier molecular flexibility index (Phi) is 4.73. The highest BCUT2D eigenvalue weighted by molar-refractivity contribution is 9.08. The molecular weight excluding hydrogens is 342 g/mol. The first-order valence-electron chi connectivity index (χ1n) is 6.21. The van der Waals surface area contributed by atoms with Crippen molar-refractivity contribution in [1.82, 2.24) is 0 Å². The highest BCUT2D eigenvalue weighted by Gasteiger charge is 2.34. The topological polar surface area (TPSA) is 26.3 Å². The second-order valence-electron chi connectivity index (χ2n) is 4.48. The molecule has 0 atom stereocenters. The van der Waals surface area contributed by atoms with E-state index in [0.717, 1.165) is 11.6 Å². The Hall–Kier alpha value is -1.75. The lowest BCUT2D eigenvalue weighted by atomic mass is 9.98. The molecule has 0 bridgehead atoms. The molecule has 2 rings (SSSR count). The smallest absolute Gasteiger partial charge is 0.337 e. The Morgan fingerprint density at radius 1 is 1.14 bits per heavy atom. The summed E-state index contributed by atoms with van der Waals surface area (Å²) in [7, 11) is 1.21. The molecule has 2 aromatic carbocycles. The molecule has 0 aliphatic carbocycles. The molecule has 0 saturated carbocycles. The summed E-state index contributed by atoms with van der Waals surface area (Å²) in [6, 6.07) is 11.4. The van der Waals surface area contributed by atoms with Gasteiger partial charge in [0.2, 0.25) is 0 Å². The molecule has 0 aromatic heterocycles. The minimum atomic E-state index is -3.17. The van der Waals surface area contributed by atoms with E-state index >= 15 is 0 Å². The minimum absolute atomic E-state index is 0.103. The van der Waals surface area contributed by atoms with E-state index in [1.54, 1.807) is 12.1 Å². The zero-order valence-corrected chi connectivity index (χ0v) is 12.9. The number of esters is 1. The van der Waals surface area contributed by atoms with Crippen molar-refractivity contribution in [3.8, 4) is 0 Å². The first-order chi connectivity index (χ1) is 9.98. The molecule has 0 fully saturated rings. The van der Waals surface area contributed by atoms with Gasteiger partial charge in [-0.15, -0.1) is 0 Å². The largest absolute Gasteiger partial charge is 0.465 e. The van der Waals surface area contributed by atoms with Gasteiger partial charge in [-0.05, 0) is 17.7 Å². The van der Waals surface area contributed by atoms with Crippen LogP contribution in [0.2, 0.25) is 0 Å². The zero-order valence-electron chi connectivity index (χ0n) is 11.3. The maximum atomic E-state index is 14.5. The van der Waals surface area contributed by atoms with Crippen LogP contribution in [0, 0.1) is 0 Å². The quantitative estimate of drug-likeness (QED) is 0.596. The number of methoxy groups -OCH3 is 1. The van der Waals surface area contributed by atoms with Crippen LogP contribution in [0.5, 0.6) is 0 Å². The van der Waals surface area contributed by atoms with Crippen LogP contribution in [-0.4, -0.2) is 13.1 Å². The van der Waals surface area contributed by atoms with Gasteiger partial charge in [-0.2, -0.15) is 8.78 Å². The summed E-state index contributed by atoms with van der Waals surface area (Å²) in [4.78, 5) is 11.4. The standard InChI is InChI=1S/C16H13BrF2O2/c1-21-15(20)12-3-2-4-14(9-12)16(18,19)13-7-5-11(10-17)6-8-13/h2-9H,10H2,1H3. The van der Waals surface area contributed by atoms with Gasteiger partial charge in [-0.3, -0.25) is 0 Å². The zero-order chi connectivity index (χ0) is 15.5. The lowest BCUT2D eigenvalue weighted by Gasteiger charge is -2.18. The first kappa shape index (κ1) is 15.6. The summed E-state index contributed by atoms with van der Waals surface area (Å²) in [6.45, 7) is 0. The highest BCUT2D eigenvalue weighted by Crippen LogP contribution is 2.36. The monoisotopic (exact) mass is 354 g/mol. The van der Waals surface area contributed by atoms with Gasteiger partial charge in [0.25, 0.3) is 5.92 Å². The van der Waals surface area contributed by atoms with Gasteiger partial charge in [0.15, 0.2) is 0 Å². The van der Waals surface area contributed by atoms with Crippen molar-refractivity contribution < 1.29 is 18.3 Å². The van der Waals surface area contributed by atoms with E-state index in [2.05, 4.69) is 20.7 Å². The van der Waals surface area contributed by atoms with E-state index in [1.165, 1.54) is 37.4 Å². The predicted octanol–water partition coefficient (Wildman–Crippen LogP) is 4.51. The van der Waals surface area contributed by atoms with Crippen molar-refractivity contribution in [2.24, 2.45) is 0 Å². The minimum Gasteiger partial charge on any atom is -0.465 e. The SMILES string of the molecule is COC(=O)c1cccc(C(F)(F)c2ccc(CBr)cc2)c1. The summed E-state index contributed by atoms with van der Waals surface area (Å²) in [5.74, 6) is -3.81. The van der Waals surface area contributed by atoms with E-state index < -0.39 is 11.9 Å². The van der Waals surface area contributed by atoms with Crippen LogP contribution in [0.3, 0.4) is 0 Å². The summed E-state index contributed by atoms with van der Waals surface area (Å²) in [5.41, 5.74) is 0.663. The van der Waals surface area contributed by atoms with Crippen molar-refractivity contribution in [3.05, 3.63) is 70.8 Å². The fourth-order valence-corrected chi connectivity index (χ4v) is 2.30. The molecule has 0 aliphatic rings. The van der Waals surface area contributed by atoms with E-state index in [1.807, 2.05) is 0 Å². The number of hydrogen-bond donors (Lipinski definition) is 0. The predicted molar refractivity (Wildman–Crippen MR) is 79.9 cm³/mol. The number of carbonyl (C=O) groups is 1. The van der Waals surface area contributed by atoms with Gasteiger partial charge in [0.1, 0.15) is 0 Å². The van der Waals surface area contributed by atoms with Gasteiger partial charge >= 0.3 is 5.97 Å². The Bertz CT molecular complexity index is 639. The molecule has 0 aliphatic heterocycles. The third-order valence-electron chi connectivity index (χ3n) is 3.12. The molecule has 0 spiro atoms. The molecule has 0 radical (unpaired) electrons. The van der Waals surface area contributed by atoms with Crippen molar-refractivity contribution in [3.63, 3.8) is 0 Å². The molecule has 0 unspecified atom stereocenters. The Morgan fingerprint density at radius 2 is 1.81 bits per heavy atom. The fraction of sp³-hybridized carbons (Fsp3) is 0.188. The number of rotatable bonds is 4. The van der Waals surface area contributed by atoms with E-state index in [9.17, 15) is 13.6 Å². The number of hydrogen-bond acceptors (Lipinski definition) is 2. The second kappa shape index (κ2) is 6.35. The molecule has 0 N–H and O–H groups in total. The van der Waals surface area contributed by atoms with Crippen LogP contribution in [0.15, 0.2) is 48.5 Å². The van der Waals surface area contributed by atoms with Gasteiger partial charge < -0.3 is 4.74 Å². The van der Waals surface area contributed by atoms with E-state index in [4.69, 9.17) is 0 Å². The molecule has 2 aromatic rings. The van der Waals surface area contributed by atoms with Crippen molar-refractivity contribution in [2.75, 3.05) is 7.11 Å². The molecule has 0 heterocycles. The number of ether oxygens (including phenoxy) is 1. The molecule has 0 saturated heterocycles. The lowest BCUT2D eigenvalue weighted by molar-refractivity contribution is 0.0425. The number of benzene rings is 2. The molecule has 5 heteroatoms. The molecule has 2 nitrogen and oxygen atoms in total. The summed E-state index contributed by atoms with van der Waals surface area (Å²) >= 11 is 3.27. The van der Waals surface area contributed by atoms with Gasteiger partial charge in [-0.1, -0.05) is 52.3 Å². The summed E-state index contributed by atoms with van der Waals surface area (Å²) in [6.07, 6.45) is 0. The number of alkyl halides is 3. The van der Waals surface area contributed by atoms with Crippen LogP contribution < -0.4 is 0 Å². The van der Waals surface area contributed by atoms with Crippen LogP contribution >= 0.6 is 15.9 Å². The number of carbonyl (C=O) groups excluding carboxylic acids is 1. The highest BCUT2D eigenvalue weighted by atomic mass is 79.9. The Morgan fingerprint density at radius 3 is 2.38 bits per heavy atom. The van der Waals surface area contributed by atoms with Gasteiger partial charge in [0.05, 0.1) is 12.7 Å². The van der Waals surface area contributed by atoms with Crippen molar-refractivity contribution in [1.29, 1.82) is 0 Å². The van der Waals surface area contributed by atoms with E-state index in [-0.39, 0.29) is 16.7 Å². The fourth-order valence-electron chi connectivity index (χ4n) is 1.93. The molecule has 21 heavy (non-hydrogen) atoms. The van der Waals surface area contributed by atoms with E-state index in [0.29, 0.717) is 5.33 Å². The third kappa shape index (κ3) is 3.29. The second-order valence-corrected chi connectivity index (χ2v) is 5.04. The normalized spacial score (nSPS) is 11.2. The molecular formula is C16H13BrF2O2. The molecule has 110 valence electrons. The van der Waals surface area contributed by atoms with Crippen molar-refractivity contribution >= 4 is 21.9 Å². The van der Waals surface area contributed by atoms with Gasteiger partial charge in [-0.25, -0.2) is 4.79 Å². The summed E-state index contributed by atoms with van der Waals surface area (Å²) < 4.78 is 33.6. The van der Waals surface area contributed by atoms with Crippen LogP contribution in [-0.2, 0) is 16.0 Å². The van der Waals surface area contributed by atoms with Crippen LogP contribution in [0.4, 0.5) is 8.78 Å². The first-order valence-corrected chi connectivity index (χ1v) is 7.33.